The Morgan fingerprint density at radius 2 is 0.965 bits per heavy atom. The van der Waals surface area contributed by atoms with Gasteiger partial charge in [0.15, 0.2) is 17.5 Å². The molecule has 0 bridgehead atoms. The molecule has 0 amide bonds. The van der Waals surface area contributed by atoms with E-state index in [9.17, 15) is 0 Å². The maximum absolute atomic E-state index is 5.10. The van der Waals surface area contributed by atoms with Gasteiger partial charge in [0.05, 0.1) is 11.0 Å². The van der Waals surface area contributed by atoms with Gasteiger partial charge in [-0.25, -0.2) is 15.0 Å². The second-order valence-corrected chi connectivity index (χ2v) is 16.5. The first-order valence-corrected chi connectivity index (χ1v) is 19.8. The van der Waals surface area contributed by atoms with Gasteiger partial charge in [0.1, 0.15) is 0 Å². The minimum atomic E-state index is -0.159. The van der Waals surface area contributed by atoms with E-state index in [2.05, 4.69) is 184 Å². The van der Waals surface area contributed by atoms with Crippen LogP contribution < -0.4 is 0 Å². The Morgan fingerprint density at radius 1 is 0.404 bits per heavy atom. The van der Waals surface area contributed by atoms with Crippen LogP contribution in [0.5, 0.6) is 0 Å². The Balaban J connectivity index is 1.12. The van der Waals surface area contributed by atoms with E-state index in [0.717, 1.165) is 27.8 Å². The van der Waals surface area contributed by atoms with Crippen LogP contribution in [-0.4, -0.2) is 19.5 Å². The minimum absolute atomic E-state index is 0.0968. The summed E-state index contributed by atoms with van der Waals surface area (Å²) in [6.45, 7) is 9.71. The molecule has 0 fully saturated rings. The van der Waals surface area contributed by atoms with E-state index < -0.39 is 0 Å². The molecule has 0 spiro atoms. The fourth-order valence-corrected chi connectivity index (χ4v) is 9.37. The maximum atomic E-state index is 5.10. The highest BCUT2D eigenvalue weighted by Crippen LogP contribution is 2.57. The van der Waals surface area contributed by atoms with Gasteiger partial charge in [-0.2, -0.15) is 0 Å². The Hall–Kier alpha value is -6.91. The lowest BCUT2D eigenvalue weighted by molar-refractivity contribution is 0.301. The summed E-state index contributed by atoms with van der Waals surface area (Å²) in [6.07, 6.45) is 0. The summed E-state index contributed by atoms with van der Waals surface area (Å²) in [5.74, 6) is 1.95. The second kappa shape index (κ2) is 12.3. The van der Waals surface area contributed by atoms with Crippen molar-refractivity contribution in [2.75, 3.05) is 0 Å². The number of nitrogens with zero attached hydrogens (tertiary/aromatic N) is 4. The molecule has 0 unspecified atom stereocenters. The molecule has 0 atom stereocenters. The summed E-state index contributed by atoms with van der Waals surface area (Å²) in [6, 6.07) is 60.8. The van der Waals surface area contributed by atoms with Crippen LogP contribution in [-0.2, 0) is 10.8 Å². The zero-order valence-corrected chi connectivity index (χ0v) is 32.5. The number of benzene rings is 8. The largest absolute Gasteiger partial charge is 0.309 e. The Bertz CT molecular complexity index is 3230. The zero-order chi connectivity index (χ0) is 38.5. The van der Waals surface area contributed by atoms with Gasteiger partial charge in [0.25, 0.3) is 0 Å². The number of aromatic nitrogens is 4. The lowest BCUT2D eigenvalue weighted by atomic mass is 9.55. The van der Waals surface area contributed by atoms with Crippen molar-refractivity contribution < 1.29 is 0 Å². The summed E-state index contributed by atoms with van der Waals surface area (Å²) in [4.78, 5) is 15.2. The van der Waals surface area contributed by atoms with Gasteiger partial charge in [-0.1, -0.05) is 155 Å². The van der Waals surface area contributed by atoms with Crippen molar-refractivity contribution >= 4 is 43.4 Å². The topological polar surface area (TPSA) is 43.6 Å². The Kier molecular flexibility index (Phi) is 7.21. The van der Waals surface area contributed by atoms with E-state index >= 15 is 0 Å². The Labute approximate surface area is 332 Å². The van der Waals surface area contributed by atoms with Gasteiger partial charge in [0.2, 0.25) is 0 Å². The standard InChI is InChI=1S/C53H40N4/c1-52(2)43-21-13-12-20-41(43)42-29-31-45-47(48(42)53(52,3)4)46-40-19-11-10-15-34(40)26-30-44(46)57(45)39-27-24-36(25-28-39)50-54-49(35-16-6-5-7-17-35)55-51(56-50)38-23-22-33-14-8-9-18-37(33)32-38/h5-32H,1-4H3. The third-order valence-corrected chi connectivity index (χ3v) is 13.0. The van der Waals surface area contributed by atoms with Crippen LogP contribution in [0, 0.1) is 0 Å². The van der Waals surface area contributed by atoms with E-state index in [0.29, 0.717) is 17.5 Å². The normalized spacial score (nSPS) is 14.2. The van der Waals surface area contributed by atoms with Gasteiger partial charge in [-0.15, -0.1) is 0 Å². The molecule has 10 aromatic rings. The average molecular weight is 733 g/mol. The summed E-state index contributed by atoms with van der Waals surface area (Å²) in [5.41, 5.74) is 11.6. The molecule has 8 aromatic carbocycles. The lowest BCUT2D eigenvalue weighted by Crippen LogP contribution is -2.43. The molecule has 2 aromatic heterocycles. The molecule has 0 saturated carbocycles. The molecule has 11 rings (SSSR count). The van der Waals surface area contributed by atoms with Gasteiger partial charge < -0.3 is 4.57 Å². The van der Waals surface area contributed by atoms with Crippen LogP contribution >= 0.6 is 0 Å². The fraction of sp³-hybridized carbons (Fsp3) is 0.113. The molecule has 1 aliphatic rings. The number of hydrogen-bond acceptors (Lipinski definition) is 3. The van der Waals surface area contributed by atoms with Gasteiger partial charge in [0, 0.05) is 38.6 Å². The van der Waals surface area contributed by atoms with Crippen LogP contribution in [0.25, 0.3) is 94.3 Å². The molecule has 0 radical (unpaired) electrons. The average Bonchev–Trinajstić information content (AvgIpc) is 3.60. The van der Waals surface area contributed by atoms with Crippen LogP contribution in [0.15, 0.2) is 170 Å². The number of fused-ring (bicyclic) bond motifs is 10. The van der Waals surface area contributed by atoms with Crippen molar-refractivity contribution in [1.82, 2.24) is 19.5 Å². The molecule has 0 N–H and O–H groups in total. The van der Waals surface area contributed by atoms with Gasteiger partial charge >= 0.3 is 0 Å². The quantitative estimate of drug-likeness (QED) is 0.181. The van der Waals surface area contributed by atoms with E-state index in [1.54, 1.807) is 0 Å². The lowest BCUT2D eigenvalue weighted by Gasteiger charge is -2.48. The molecule has 272 valence electrons. The minimum Gasteiger partial charge on any atom is -0.309 e. The maximum Gasteiger partial charge on any atom is 0.164 e. The molecular weight excluding hydrogens is 693 g/mol. The van der Waals surface area contributed by atoms with Gasteiger partial charge in [-0.3, -0.25) is 0 Å². The molecule has 0 aliphatic heterocycles. The third-order valence-electron chi connectivity index (χ3n) is 13.0. The van der Waals surface area contributed by atoms with Crippen molar-refractivity contribution in [2.24, 2.45) is 0 Å². The molecule has 2 heterocycles. The first-order chi connectivity index (χ1) is 27.8. The summed E-state index contributed by atoms with van der Waals surface area (Å²) < 4.78 is 2.45. The molecule has 57 heavy (non-hydrogen) atoms. The smallest absolute Gasteiger partial charge is 0.164 e. The van der Waals surface area contributed by atoms with E-state index in [4.69, 9.17) is 15.0 Å². The molecular formula is C53H40N4. The van der Waals surface area contributed by atoms with Crippen molar-refractivity contribution in [3.8, 4) is 51.0 Å². The Morgan fingerprint density at radius 3 is 1.74 bits per heavy atom. The first-order valence-electron chi connectivity index (χ1n) is 19.8. The van der Waals surface area contributed by atoms with Crippen molar-refractivity contribution in [3.63, 3.8) is 0 Å². The highest BCUT2D eigenvalue weighted by Gasteiger charge is 2.47. The first kappa shape index (κ1) is 33.4. The van der Waals surface area contributed by atoms with E-state index in [-0.39, 0.29) is 10.8 Å². The zero-order valence-electron chi connectivity index (χ0n) is 32.5. The van der Waals surface area contributed by atoms with Crippen molar-refractivity contribution in [2.45, 2.75) is 38.5 Å². The number of rotatable bonds is 4. The molecule has 0 saturated heterocycles. The fourth-order valence-electron chi connectivity index (χ4n) is 9.37. The SMILES string of the molecule is CC1(C)c2ccccc2-c2ccc3c(c2C1(C)C)c1c2ccccc2ccc1n3-c1ccc(-c2nc(-c3ccccc3)nc(-c3ccc4ccccc4c3)n2)cc1. The third kappa shape index (κ3) is 4.96. The van der Waals surface area contributed by atoms with Crippen LogP contribution in [0.3, 0.4) is 0 Å². The van der Waals surface area contributed by atoms with Crippen molar-refractivity contribution in [1.29, 1.82) is 0 Å². The van der Waals surface area contributed by atoms with Crippen LogP contribution in [0.4, 0.5) is 0 Å². The molecule has 1 aliphatic carbocycles. The number of hydrogen-bond donors (Lipinski definition) is 0. The summed E-state index contributed by atoms with van der Waals surface area (Å²) >= 11 is 0. The molecule has 4 heteroatoms. The molecule has 4 nitrogen and oxygen atoms in total. The summed E-state index contributed by atoms with van der Waals surface area (Å²) in [5, 5.41) is 7.50. The predicted molar refractivity (Wildman–Crippen MR) is 237 cm³/mol. The van der Waals surface area contributed by atoms with Gasteiger partial charge in [-0.05, 0) is 91.7 Å². The van der Waals surface area contributed by atoms with Crippen molar-refractivity contribution in [3.05, 3.63) is 181 Å². The second-order valence-electron chi connectivity index (χ2n) is 16.5. The van der Waals surface area contributed by atoms with E-state index in [1.165, 1.54) is 60.2 Å². The van der Waals surface area contributed by atoms with E-state index in [1.807, 2.05) is 18.2 Å². The predicted octanol–water partition coefficient (Wildman–Crippen LogP) is 13.5. The summed E-state index contributed by atoms with van der Waals surface area (Å²) in [7, 11) is 0. The highest BCUT2D eigenvalue weighted by molar-refractivity contribution is 6.23. The highest BCUT2D eigenvalue weighted by atomic mass is 15.0. The monoisotopic (exact) mass is 732 g/mol. The van der Waals surface area contributed by atoms with Crippen LogP contribution in [0.2, 0.25) is 0 Å². The van der Waals surface area contributed by atoms with Crippen LogP contribution in [0.1, 0.15) is 38.8 Å².